The summed E-state index contributed by atoms with van der Waals surface area (Å²) in [5, 5.41) is 14.5. The van der Waals surface area contributed by atoms with Gasteiger partial charge in [-0.25, -0.2) is 0 Å². The van der Waals surface area contributed by atoms with Gasteiger partial charge in [0.05, 0.1) is 0 Å². The molecule has 0 N–H and O–H groups in total. The molecule has 0 aromatic heterocycles. The number of rotatable bonds is 0. The number of hydrogen-bond donors (Lipinski definition) is 0. The molecule has 0 aromatic rings. The second-order valence-electron chi connectivity index (χ2n) is 0.471. The zero-order valence-electron chi connectivity index (χ0n) is 4.11. The van der Waals surface area contributed by atoms with Gasteiger partial charge in [0.1, 0.15) is 0 Å². The second-order valence-corrected chi connectivity index (χ2v) is 0.471. The van der Waals surface area contributed by atoms with E-state index in [1.807, 2.05) is 0 Å². The van der Waals surface area contributed by atoms with E-state index in [2.05, 4.69) is 0 Å². The van der Waals surface area contributed by atoms with Gasteiger partial charge in [-0.2, -0.15) is 24.0 Å². The molecule has 0 aliphatic heterocycles. The van der Waals surface area contributed by atoms with E-state index in [9.17, 15) is 12.9 Å². The summed E-state index contributed by atoms with van der Waals surface area (Å²) in [4.78, 5) is 0. The van der Waals surface area contributed by atoms with Crippen LogP contribution in [0.4, 0.5) is 12.9 Å². The molecule has 0 radical (unpaired) electrons. The fourth-order valence-corrected chi connectivity index (χ4v) is 0. The smallest absolute Gasteiger partial charge is 0.254 e. The van der Waals surface area contributed by atoms with Crippen molar-refractivity contribution < 1.29 is 12.9 Å². The quantitative estimate of drug-likeness (QED) is 0.489. The molecule has 50 valence electrons. The van der Waals surface area contributed by atoms with Gasteiger partial charge in [-0.05, 0) is 0 Å². The maximum Gasteiger partial charge on any atom is 0.762 e. The summed E-state index contributed by atoms with van der Waals surface area (Å²) in [6.07, 6.45) is 0. The van der Waals surface area contributed by atoms with E-state index in [1.165, 1.54) is 12.1 Å². The van der Waals surface area contributed by atoms with Gasteiger partial charge in [-0.1, -0.05) is 0 Å². The SMILES string of the molecule is FB(F)F.N#CC#N.S. The minimum atomic E-state index is -3.67. The Bertz CT molecular complexity index is 101. The monoisotopic (exact) mass is 154 g/mol. The third-order valence-electron chi connectivity index (χ3n) is 0.0500. The van der Waals surface area contributed by atoms with Crippen molar-refractivity contribution in [2.45, 2.75) is 0 Å². The van der Waals surface area contributed by atoms with Crippen LogP contribution in [0.15, 0.2) is 0 Å². The van der Waals surface area contributed by atoms with Crippen LogP contribution >= 0.6 is 13.5 Å². The van der Waals surface area contributed by atoms with E-state index in [0.717, 1.165) is 0 Å². The average Bonchev–Trinajstić information content (AvgIpc) is 1.65. The lowest BCUT2D eigenvalue weighted by atomic mass is 10.5. The zero-order valence-corrected chi connectivity index (χ0v) is 5.11. The molecule has 2 nitrogen and oxygen atoms in total. The van der Waals surface area contributed by atoms with Gasteiger partial charge in [0.15, 0.2) is 12.1 Å². The summed E-state index contributed by atoms with van der Waals surface area (Å²) in [6.45, 7) is 0. The predicted octanol–water partition coefficient (Wildman–Crippen LogP) is 1.03. The highest BCUT2D eigenvalue weighted by atomic mass is 32.1. The van der Waals surface area contributed by atoms with E-state index in [0.29, 0.717) is 0 Å². The minimum absolute atomic E-state index is 0. The maximum absolute atomic E-state index is 9.67. The Kier molecular flexibility index (Phi) is 27.4. The number of hydrogen-bond acceptors (Lipinski definition) is 2. The van der Waals surface area contributed by atoms with Crippen molar-refractivity contribution in [2.75, 3.05) is 0 Å². The maximum atomic E-state index is 9.67. The van der Waals surface area contributed by atoms with Crippen LogP contribution in [0.3, 0.4) is 0 Å². The van der Waals surface area contributed by atoms with Gasteiger partial charge < -0.3 is 0 Å². The van der Waals surface area contributed by atoms with Gasteiger partial charge in [-0.15, -0.1) is 0 Å². The summed E-state index contributed by atoms with van der Waals surface area (Å²) >= 11 is 0. The minimum Gasteiger partial charge on any atom is -0.254 e. The summed E-state index contributed by atoms with van der Waals surface area (Å²) in [6, 6.07) is 2.47. The van der Waals surface area contributed by atoms with Crippen molar-refractivity contribution in [1.82, 2.24) is 0 Å². The molecule has 0 fully saturated rings. The Balaban J connectivity index is -0.0000000720. The molecule has 7 heteroatoms. The summed E-state index contributed by atoms with van der Waals surface area (Å²) in [5.74, 6) is 0. The van der Waals surface area contributed by atoms with Crippen LogP contribution in [0, 0.1) is 22.7 Å². The number of nitriles is 2. The van der Waals surface area contributed by atoms with Crippen LogP contribution in [0.25, 0.3) is 0 Å². The average molecular weight is 154 g/mol. The summed E-state index contributed by atoms with van der Waals surface area (Å²) < 4.78 is 29.0. The van der Waals surface area contributed by atoms with Gasteiger partial charge >= 0.3 is 7.54 Å². The molecule has 0 unspecified atom stereocenters. The Morgan fingerprint density at radius 1 is 1.00 bits per heavy atom. The molecule has 0 saturated heterocycles. The molecule has 0 heterocycles. The number of halogens is 3. The second kappa shape index (κ2) is 15.7. The fourth-order valence-electron chi connectivity index (χ4n) is 0. The Morgan fingerprint density at radius 3 is 1.11 bits per heavy atom. The third-order valence-corrected chi connectivity index (χ3v) is 0.0500. The molecule has 0 spiro atoms. The van der Waals surface area contributed by atoms with Crippen LogP contribution in [0.1, 0.15) is 0 Å². The predicted molar refractivity (Wildman–Crippen MR) is 30.7 cm³/mol. The summed E-state index contributed by atoms with van der Waals surface area (Å²) in [5.41, 5.74) is 0. The Morgan fingerprint density at radius 2 is 1.11 bits per heavy atom. The van der Waals surface area contributed by atoms with Crippen LogP contribution in [-0.2, 0) is 0 Å². The largest absolute Gasteiger partial charge is 0.762 e. The highest BCUT2D eigenvalue weighted by Crippen LogP contribution is 1.80. The highest BCUT2D eigenvalue weighted by molar-refractivity contribution is 7.59. The lowest BCUT2D eigenvalue weighted by Gasteiger charge is -1.55. The standard InChI is InChI=1S/C2N2.BF3.H2S/c3-1-2-4;2-1(3)4;/h;;1H2. The van der Waals surface area contributed by atoms with Crippen LogP contribution in [-0.4, -0.2) is 7.54 Å². The molecular weight excluding hydrogens is 152 g/mol. The van der Waals surface area contributed by atoms with Crippen molar-refractivity contribution in [1.29, 1.82) is 10.5 Å². The third kappa shape index (κ3) is 5650. The van der Waals surface area contributed by atoms with Crippen LogP contribution in [0.5, 0.6) is 0 Å². The van der Waals surface area contributed by atoms with Crippen molar-refractivity contribution in [3.8, 4) is 12.1 Å². The van der Waals surface area contributed by atoms with Crippen molar-refractivity contribution in [3.05, 3.63) is 0 Å². The lowest BCUT2D eigenvalue weighted by Crippen LogP contribution is -1.76. The first-order valence-electron chi connectivity index (χ1n) is 1.35. The van der Waals surface area contributed by atoms with Crippen molar-refractivity contribution in [3.63, 3.8) is 0 Å². The van der Waals surface area contributed by atoms with Gasteiger partial charge in [0.25, 0.3) is 0 Å². The van der Waals surface area contributed by atoms with Crippen molar-refractivity contribution >= 4 is 21.0 Å². The molecule has 0 aromatic carbocycles. The van der Waals surface area contributed by atoms with E-state index in [-0.39, 0.29) is 13.5 Å². The Hall–Kier alpha value is -0.815. The molecule has 0 aliphatic rings. The molecule has 0 atom stereocenters. The normalized spacial score (nSPS) is 4.11. The topological polar surface area (TPSA) is 47.6 Å². The van der Waals surface area contributed by atoms with Gasteiger partial charge in [0, 0.05) is 0 Å². The van der Waals surface area contributed by atoms with E-state index in [1.54, 1.807) is 0 Å². The first-order chi connectivity index (χ1) is 3.65. The lowest BCUT2D eigenvalue weighted by molar-refractivity contribution is 0.535. The highest BCUT2D eigenvalue weighted by Gasteiger charge is 2.06. The molecule has 0 bridgehead atoms. The summed E-state index contributed by atoms with van der Waals surface area (Å²) in [7, 11) is -3.67. The van der Waals surface area contributed by atoms with E-state index >= 15 is 0 Å². The van der Waals surface area contributed by atoms with Gasteiger partial charge in [0.2, 0.25) is 0 Å². The van der Waals surface area contributed by atoms with Gasteiger partial charge in [-0.3, -0.25) is 12.9 Å². The number of nitrogens with zero attached hydrogens (tertiary/aromatic N) is 2. The molecule has 0 rings (SSSR count). The fraction of sp³-hybridized carbons (Fsp3) is 0. The zero-order chi connectivity index (χ0) is 6.99. The van der Waals surface area contributed by atoms with Crippen LogP contribution < -0.4 is 0 Å². The molecule has 0 saturated carbocycles. The molecule has 0 aliphatic carbocycles. The molecule has 9 heavy (non-hydrogen) atoms. The Labute approximate surface area is 57.6 Å². The molecule has 0 amide bonds. The van der Waals surface area contributed by atoms with Crippen molar-refractivity contribution in [2.24, 2.45) is 0 Å². The van der Waals surface area contributed by atoms with E-state index < -0.39 is 7.54 Å². The van der Waals surface area contributed by atoms with E-state index in [4.69, 9.17) is 10.5 Å². The van der Waals surface area contributed by atoms with Crippen LogP contribution in [0.2, 0.25) is 0 Å². The first-order valence-corrected chi connectivity index (χ1v) is 1.35. The molecular formula is C2H2BF3N2S. The first kappa shape index (κ1) is 15.7.